The molecule has 2 aromatic rings. The summed E-state index contributed by atoms with van der Waals surface area (Å²) in [5.74, 6) is -0.717. The van der Waals surface area contributed by atoms with Gasteiger partial charge in [0.2, 0.25) is 11.0 Å². The Kier molecular flexibility index (Phi) is 5.39. The highest BCUT2D eigenvalue weighted by Crippen LogP contribution is 2.23. The summed E-state index contributed by atoms with van der Waals surface area (Å²) in [6.07, 6.45) is 1.18. The van der Waals surface area contributed by atoms with Crippen LogP contribution in [-0.2, 0) is 4.79 Å². The van der Waals surface area contributed by atoms with Gasteiger partial charge in [-0.2, -0.15) is 0 Å². The monoisotopic (exact) mass is 460 g/mol. The minimum Gasteiger partial charge on any atom is -0.339 e. The Morgan fingerprint density at radius 3 is 2.71 bits per heavy atom. The molecular formula is C15H14FIN4O2S. The highest BCUT2D eigenvalue weighted by atomic mass is 127. The van der Waals surface area contributed by atoms with E-state index < -0.39 is 0 Å². The van der Waals surface area contributed by atoms with E-state index in [1.165, 1.54) is 29.5 Å². The topological polar surface area (TPSA) is 75.2 Å². The lowest BCUT2D eigenvalue weighted by molar-refractivity contribution is -0.121. The number of hydrogen-bond acceptors (Lipinski definition) is 5. The van der Waals surface area contributed by atoms with Crippen molar-refractivity contribution in [3.05, 3.63) is 38.7 Å². The Labute approximate surface area is 155 Å². The predicted molar refractivity (Wildman–Crippen MR) is 96.3 cm³/mol. The average molecular weight is 460 g/mol. The van der Waals surface area contributed by atoms with Crippen molar-refractivity contribution in [2.75, 3.05) is 18.4 Å². The summed E-state index contributed by atoms with van der Waals surface area (Å²) < 4.78 is 13.8. The van der Waals surface area contributed by atoms with Crippen molar-refractivity contribution in [3.8, 4) is 0 Å². The minimum absolute atomic E-state index is 0.0878. The van der Waals surface area contributed by atoms with Crippen molar-refractivity contribution >= 4 is 50.9 Å². The summed E-state index contributed by atoms with van der Waals surface area (Å²) >= 11 is 3.23. The second-order valence-electron chi connectivity index (χ2n) is 5.42. The van der Waals surface area contributed by atoms with E-state index in [4.69, 9.17) is 0 Å². The first-order valence-corrected chi connectivity index (χ1v) is 9.32. The summed E-state index contributed by atoms with van der Waals surface area (Å²) in [5.41, 5.74) is 2.05. The molecule has 0 spiro atoms. The maximum atomic E-state index is 13.2. The van der Waals surface area contributed by atoms with Crippen molar-refractivity contribution in [3.63, 3.8) is 0 Å². The molecular weight excluding hydrogens is 446 g/mol. The van der Waals surface area contributed by atoms with Gasteiger partial charge in [0.15, 0.2) is 0 Å². The number of nitrogens with zero attached hydrogens (tertiary/aromatic N) is 3. The fourth-order valence-electron chi connectivity index (χ4n) is 2.61. The van der Waals surface area contributed by atoms with Gasteiger partial charge in [-0.15, -0.1) is 10.2 Å². The Hall–Kier alpha value is -1.62. The van der Waals surface area contributed by atoms with Gasteiger partial charge in [0, 0.05) is 22.6 Å². The molecule has 9 heteroatoms. The zero-order valence-electron chi connectivity index (χ0n) is 12.5. The summed E-state index contributed by atoms with van der Waals surface area (Å²) in [4.78, 5) is 26.4. The number of likely N-dealkylation sites (tertiary alicyclic amines) is 1. The van der Waals surface area contributed by atoms with Crippen molar-refractivity contribution in [1.82, 2.24) is 15.1 Å². The second kappa shape index (κ2) is 7.51. The van der Waals surface area contributed by atoms with Gasteiger partial charge in [-0.3, -0.25) is 9.59 Å². The first-order chi connectivity index (χ1) is 11.5. The Bertz CT molecular complexity index is 748. The Morgan fingerprint density at radius 1 is 1.33 bits per heavy atom. The number of rotatable bonds is 3. The quantitative estimate of drug-likeness (QED) is 0.716. The molecule has 1 aromatic heterocycles. The molecule has 0 saturated carbocycles. The van der Waals surface area contributed by atoms with Crippen LogP contribution in [0.5, 0.6) is 0 Å². The summed E-state index contributed by atoms with van der Waals surface area (Å²) in [6.45, 7) is 1.00. The average Bonchev–Trinajstić information content (AvgIpc) is 3.07. The van der Waals surface area contributed by atoms with E-state index in [0.29, 0.717) is 40.2 Å². The summed E-state index contributed by atoms with van der Waals surface area (Å²) in [7, 11) is 0. The van der Waals surface area contributed by atoms with Gasteiger partial charge in [0.05, 0.1) is 5.56 Å². The molecule has 24 heavy (non-hydrogen) atoms. The third kappa shape index (κ3) is 3.89. The number of amides is 2. The summed E-state index contributed by atoms with van der Waals surface area (Å²) in [5, 5.41) is 10.7. The molecule has 1 aliphatic heterocycles. The minimum atomic E-state index is -0.358. The number of piperidine rings is 1. The van der Waals surface area contributed by atoms with Crippen LogP contribution >= 0.6 is 33.9 Å². The lowest BCUT2D eigenvalue weighted by Crippen LogP contribution is -2.41. The van der Waals surface area contributed by atoms with Crippen LogP contribution in [0.15, 0.2) is 23.7 Å². The van der Waals surface area contributed by atoms with Crippen molar-refractivity contribution in [2.24, 2.45) is 5.92 Å². The van der Waals surface area contributed by atoms with Crippen LogP contribution in [0.2, 0.25) is 0 Å². The number of benzene rings is 1. The number of nitrogens with one attached hydrogen (secondary N) is 1. The van der Waals surface area contributed by atoms with E-state index in [2.05, 4.69) is 15.5 Å². The number of carbonyl (C=O) groups excluding carboxylic acids is 2. The van der Waals surface area contributed by atoms with Gasteiger partial charge < -0.3 is 10.2 Å². The molecule has 2 amide bonds. The van der Waals surface area contributed by atoms with Gasteiger partial charge >= 0.3 is 0 Å². The SMILES string of the molecule is O=C(Nc1nncs1)C1CCN(C(=O)c2ccc(F)cc2I)CC1. The van der Waals surface area contributed by atoms with Gasteiger partial charge in [-0.05, 0) is 53.6 Å². The van der Waals surface area contributed by atoms with E-state index in [1.807, 2.05) is 22.6 Å². The number of halogens is 2. The van der Waals surface area contributed by atoms with Gasteiger partial charge in [-0.25, -0.2) is 4.39 Å². The lowest BCUT2D eigenvalue weighted by Gasteiger charge is -2.31. The molecule has 0 atom stereocenters. The molecule has 3 rings (SSSR count). The van der Waals surface area contributed by atoms with Crippen LogP contribution in [0.1, 0.15) is 23.2 Å². The predicted octanol–water partition coefficient (Wildman–Crippen LogP) is 2.77. The van der Waals surface area contributed by atoms with Gasteiger partial charge in [-0.1, -0.05) is 11.3 Å². The van der Waals surface area contributed by atoms with Crippen LogP contribution in [0.4, 0.5) is 9.52 Å². The molecule has 6 nitrogen and oxygen atoms in total. The van der Waals surface area contributed by atoms with Crippen LogP contribution < -0.4 is 5.32 Å². The van der Waals surface area contributed by atoms with E-state index in [1.54, 1.807) is 10.4 Å². The lowest BCUT2D eigenvalue weighted by atomic mass is 9.95. The standard InChI is InChI=1S/C15H14FIN4O2S/c16-10-1-2-11(12(17)7-10)14(23)21-5-3-9(4-6-21)13(22)19-15-20-18-8-24-15/h1-2,7-9H,3-6H2,(H,19,20,22). The van der Waals surface area contributed by atoms with E-state index >= 15 is 0 Å². The number of hydrogen-bond donors (Lipinski definition) is 1. The third-order valence-electron chi connectivity index (χ3n) is 3.90. The maximum absolute atomic E-state index is 13.2. The van der Waals surface area contributed by atoms with Gasteiger partial charge in [0.25, 0.3) is 5.91 Å². The number of aromatic nitrogens is 2. The Balaban J connectivity index is 1.58. The fraction of sp³-hybridized carbons (Fsp3) is 0.333. The molecule has 126 valence electrons. The molecule has 1 fully saturated rings. The normalized spacial score (nSPS) is 15.3. The zero-order chi connectivity index (χ0) is 17.1. The third-order valence-corrected chi connectivity index (χ3v) is 5.40. The first-order valence-electron chi connectivity index (χ1n) is 7.36. The molecule has 0 aliphatic carbocycles. The van der Waals surface area contributed by atoms with E-state index in [9.17, 15) is 14.0 Å². The molecule has 1 aliphatic rings. The largest absolute Gasteiger partial charge is 0.339 e. The summed E-state index contributed by atoms with van der Waals surface area (Å²) in [6, 6.07) is 4.14. The van der Waals surface area contributed by atoms with Crippen LogP contribution in [0.25, 0.3) is 0 Å². The van der Waals surface area contributed by atoms with Gasteiger partial charge in [0.1, 0.15) is 11.3 Å². The highest BCUT2D eigenvalue weighted by Gasteiger charge is 2.28. The van der Waals surface area contributed by atoms with E-state index in [0.717, 1.165) is 0 Å². The number of carbonyl (C=O) groups is 2. The number of anilines is 1. The highest BCUT2D eigenvalue weighted by molar-refractivity contribution is 14.1. The van der Waals surface area contributed by atoms with Crippen molar-refractivity contribution in [1.29, 1.82) is 0 Å². The van der Waals surface area contributed by atoms with Crippen LogP contribution in [-0.4, -0.2) is 40.0 Å². The molecule has 0 radical (unpaired) electrons. The van der Waals surface area contributed by atoms with E-state index in [-0.39, 0.29) is 23.5 Å². The molecule has 0 bridgehead atoms. The second-order valence-corrected chi connectivity index (χ2v) is 7.42. The Morgan fingerprint density at radius 2 is 2.08 bits per heavy atom. The smallest absolute Gasteiger partial charge is 0.254 e. The molecule has 1 aromatic carbocycles. The molecule has 1 saturated heterocycles. The van der Waals surface area contributed by atoms with Crippen molar-refractivity contribution in [2.45, 2.75) is 12.8 Å². The van der Waals surface area contributed by atoms with Crippen LogP contribution in [0.3, 0.4) is 0 Å². The maximum Gasteiger partial charge on any atom is 0.254 e. The molecule has 2 heterocycles. The first kappa shape index (κ1) is 17.2. The molecule has 1 N–H and O–H groups in total. The molecule has 0 unspecified atom stereocenters. The fourth-order valence-corrected chi connectivity index (χ4v) is 3.77. The van der Waals surface area contributed by atoms with Crippen molar-refractivity contribution < 1.29 is 14.0 Å². The van der Waals surface area contributed by atoms with Crippen LogP contribution in [0, 0.1) is 15.3 Å². The zero-order valence-corrected chi connectivity index (χ0v) is 15.5.